The highest BCUT2D eigenvalue weighted by Crippen LogP contribution is 2.16. The Morgan fingerprint density at radius 3 is 2.14 bits per heavy atom. The summed E-state index contributed by atoms with van der Waals surface area (Å²) in [6.07, 6.45) is 0. The molecule has 0 fully saturated rings. The van der Waals surface area contributed by atoms with Gasteiger partial charge in [-0.3, -0.25) is 4.79 Å². The molecule has 0 rings (SSSR count). The fraction of sp³-hybridized carbons (Fsp3) is 0.900. The molecule has 0 aromatic rings. The Hall–Kier alpha value is -0.610. The number of carbonyl (C=O) groups is 1. The van der Waals surface area contributed by atoms with Crippen molar-refractivity contribution in [1.29, 1.82) is 0 Å². The molecule has 0 aliphatic carbocycles. The van der Waals surface area contributed by atoms with Crippen LogP contribution in [0.1, 0.15) is 27.7 Å². The Morgan fingerprint density at radius 1 is 1.36 bits per heavy atom. The molecule has 0 heterocycles. The number of hydrogen-bond acceptors (Lipinski definition) is 3. The number of aliphatic hydroxyl groups is 2. The van der Waals surface area contributed by atoms with Crippen molar-refractivity contribution in [3.05, 3.63) is 0 Å². The summed E-state index contributed by atoms with van der Waals surface area (Å²) in [5.41, 5.74) is -0.740. The lowest BCUT2D eigenvalue weighted by atomic mass is 9.88. The van der Waals surface area contributed by atoms with Crippen LogP contribution in [0.4, 0.5) is 0 Å². The summed E-state index contributed by atoms with van der Waals surface area (Å²) >= 11 is 0. The van der Waals surface area contributed by atoms with Gasteiger partial charge in [0.05, 0.1) is 12.1 Å². The topological polar surface area (TPSA) is 69.6 Å². The monoisotopic (exact) mass is 203 g/mol. The van der Waals surface area contributed by atoms with Gasteiger partial charge in [0.2, 0.25) is 5.91 Å². The highest BCUT2D eigenvalue weighted by Gasteiger charge is 2.32. The average Bonchev–Trinajstić information content (AvgIpc) is 2.15. The summed E-state index contributed by atoms with van der Waals surface area (Å²) in [6, 6.07) is 0. The fourth-order valence-corrected chi connectivity index (χ4v) is 0.946. The zero-order chi connectivity index (χ0) is 11.4. The van der Waals surface area contributed by atoms with Gasteiger partial charge < -0.3 is 15.5 Å². The molecule has 0 aliphatic rings. The molecule has 0 spiro atoms. The van der Waals surface area contributed by atoms with Crippen molar-refractivity contribution in [3.8, 4) is 0 Å². The normalized spacial score (nSPS) is 17.6. The summed E-state index contributed by atoms with van der Waals surface area (Å²) in [6.45, 7) is 6.86. The van der Waals surface area contributed by atoms with Crippen molar-refractivity contribution >= 4 is 5.91 Å². The number of amides is 1. The number of aliphatic hydroxyl groups excluding tert-OH is 2. The van der Waals surface area contributed by atoms with E-state index in [1.54, 1.807) is 27.7 Å². The lowest BCUT2D eigenvalue weighted by Crippen LogP contribution is -2.55. The minimum atomic E-state index is -0.740. The smallest absolute Gasteiger partial charge is 0.223 e. The molecule has 0 aromatic carbocycles. The van der Waals surface area contributed by atoms with Crippen LogP contribution in [0.3, 0.4) is 0 Å². The van der Waals surface area contributed by atoms with Gasteiger partial charge in [0.15, 0.2) is 0 Å². The number of hydrogen-bond donors (Lipinski definition) is 3. The molecule has 14 heavy (non-hydrogen) atoms. The Labute approximate surface area is 85.3 Å². The van der Waals surface area contributed by atoms with Gasteiger partial charge in [0.1, 0.15) is 0 Å². The summed E-state index contributed by atoms with van der Waals surface area (Å²) < 4.78 is 0. The highest BCUT2D eigenvalue weighted by molar-refractivity contribution is 5.78. The highest BCUT2D eigenvalue weighted by atomic mass is 16.3. The van der Waals surface area contributed by atoms with Gasteiger partial charge in [-0.25, -0.2) is 0 Å². The molecule has 0 saturated carbocycles. The van der Waals surface area contributed by atoms with Crippen molar-refractivity contribution in [3.63, 3.8) is 0 Å². The van der Waals surface area contributed by atoms with Gasteiger partial charge in [-0.05, 0) is 6.92 Å². The maximum absolute atomic E-state index is 11.4. The molecule has 0 saturated heterocycles. The molecule has 4 nitrogen and oxygen atoms in total. The summed E-state index contributed by atoms with van der Waals surface area (Å²) in [4.78, 5) is 11.4. The SMILES string of the molecule is CC(C)C(=O)NC(C)(CO)C(C)CO. The first kappa shape index (κ1) is 13.4. The van der Waals surface area contributed by atoms with E-state index in [2.05, 4.69) is 5.32 Å². The van der Waals surface area contributed by atoms with Gasteiger partial charge in [-0.2, -0.15) is 0 Å². The van der Waals surface area contributed by atoms with E-state index >= 15 is 0 Å². The molecular formula is C10H21NO3. The minimum absolute atomic E-state index is 0.0601. The van der Waals surface area contributed by atoms with Crippen LogP contribution in [0.2, 0.25) is 0 Å². The second kappa shape index (κ2) is 5.32. The lowest BCUT2D eigenvalue weighted by molar-refractivity contribution is -0.127. The molecule has 1 amide bonds. The Balaban J connectivity index is 4.47. The molecule has 0 aliphatic heterocycles. The molecule has 0 bridgehead atoms. The molecule has 0 aromatic heterocycles. The minimum Gasteiger partial charge on any atom is -0.396 e. The number of rotatable bonds is 5. The fourth-order valence-electron chi connectivity index (χ4n) is 0.946. The predicted octanol–water partition coefficient (Wildman–Crippen LogP) is 0.138. The second-order valence-corrected chi connectivity index (χ2v) is 4.30. The average molecular weight is 203 g/mol. The standard InChI is InChI=1S/C10H21NO3/c1-7(2)9(14)11-10(4,6-13)8(3)5-12/h7-8,12-13H,5-6H2,1-4H3,(H,11,14). The second-order valence-electron chi connectivity index (χ2n) is 4.30. The summed E-state index contributed by atoms with van der Waals surface area (Å²) in [5, 5.41) is 20.9. The summed E-state index contributed by atoms with van der Waals surface area (Å²) in [5.74, 6) is -0.399. The zero-order valence-corrected chi connectivity index (χ0v) is 9.37. The lowest BCUT2D eigenvalue weighted by Gasteiger charge is -2.34. The Kier molecular flexibility index (Phi) is 5.08. The van der Waals surface area contributed by atoms with Crippen LogP contribution in [0, 0.1) is 11.8 Å². The van der Waals surface area contributed by atoms with Crippen LogP contribution in [0.5, 0.6) is 0 Å². The third-order valence-electron chi connectivity index (χ3n) is 2.62. The number of carbonyl (C=O) groups excluding carboxylic acids is 1. The van der Waals surface area contributed by atoms with Crippen LogP contribution >= 0.6 is 0 Å². The summed E-state index contributed by atoms with van der Waals surface area (Å²) in [7, 11) is 0. The van der Waals surface area contributed by atoms with Crippen LogP contribution < -0.4 is 5.32 Å². The van der Waals surface area contributed by atoms with E-state index < -0.39 is 5.54 Å². The zero-order valence-electron chi connectivity index (χ0n) is 9.37. The Bertz CT molecular complexity index is 194. The molecular weight excluding hydrogens is 182 g/mol. The third kappa shape index (κ3) is 3.27. The maximum atomic E-state index is 11.4. The van der Waals surface area contributed by atoms with Crippen molar-refractivity contribution in [2.45, 2.75) is 33.2 Å². The van der Waals surface area contributed by atoms with Gasteiger partial charge in [-0.15, -0.1) is 0 Å². The van der Waals surface area contributed by atoms with E-state index in [1.807, 2.05) is 0 Å². The molecule has 84 valence electrons. The van der Waals surface area contributed by atoms with Crippen LogP contribution in [-0.4, -0.2) is 34.9 Å². The molecule has 0 radical (unpaired) electrons. The molecule has 2 atom stereocenters. The first-order valence-electron chi connectivity index (χ1n) is 4.91. The van der Waals surface area contributed by atoms with E-state index in [1.165, 1.54) is 0 Å². The predicted molar refractivity (Wildman–Crippen MR) is 54.7 cm³/mol. The van der Waals surface area contributed by atoms with Gasteiger partial charge >= 0.3 is 0 Å². The van der Waals surface area contributed by atoms with Crippen molar-refractivity contribution in [1.82, 2.24) is 5.32 Å². The van der Waals surface area contributed by atoms with Gasteiger partial charge in [-0.1, -0.05) is 20.8 Å². The van der Waals surface area contributed by atoms with E-state index in [-0.39, 0.29) is 31.0 Å². The molecule has 2 unspecified atom stereocenters. The van der Waals surface area contributed by atoms with Crippen LogP contribution in [0.25, 0.3) is 0 Å². The van der Waals surface area contributed by atoms with E-state index in [4.69, 9.17) is 5.11 Å². The first-order chi connectivity index (χ1) is 6.37. The quantitative estimate of drug-likeness (QED) is 0.595. The largest absolute Gasteiger partial charge is 0.396 e. The van der Waals surface area contributed by atoms with Gasteiger partial charge in [0, 0.05) is 18.4 Å². The van der Waals surface area contributed by atoms with E-state index in [0.29, 0.717) is 0 Å². The van der Waals surface area contributed by atoms with Crippen molar-refractivity contribution in [2.24, 2.45) is 11.8 Å². The first-order valence-corrected chi connectivity index (χ1v) is 4.91. The maximum Gasteiger partial charge on any atom is 0.223 e. The Morgan fingerprint density at radius 2 is 1.86 bits per heavy atom. The van der Waals surface area contributed by atoms with Crippen molar-refractivity contribution in [2.75, 3.05) is 13.2 Å². The van der Waals surface area contributed by atoms with Crippen LogP contribution in [-0.2, 0) is 4.79 Å². The number of nitrogens with one attached hydrogen (secondary N) is 1. The molecule has 4 heteroatoms. The van der Waals surface area contributed by atoms with E-state index in [9.17, 15) is 9.90 Å². The van der Waals surface area contributed by atoms with Crippen molar-refractivity contribution < 1.29 is 15.0 Å². The third-order valence-corrected chi connectivity index (χ3v) is 2.62. The molecule has 3 N–H and O–H groups in total. The van der Waals surface area contributed by atoms with Gasteiger partial charge in [0.25, 0.3) is 0 Å². The van der Waals surface area contributed by atoms with Crippen LogP contribution in [0.15, 0.2) is 0 Å². The van der Waals surface area contributed by atoms with E-state index in [0.717, 1.165) is 0 Å².